The van der Waals surface area contributed by atoms with Crippen molar-refractivity contribution < 1.29 is 93.9 Å². The molecule has 1 aromatic rings. The van der Waals surface area contributed by atoms with Crippen molar-refractivity contribution in [2.24, 2.45) is 11.8 Å². The summed E-state index contributed by atoms with van der Waals surface area (Å²) in [7, 11) is 0. The molecule has 1 spiro atoms. The van der Waals surface area contributed by atoms with Gasteiger partial charge in [-0.1, -0.05) is 6.92 Å². The number of amides is 1. The van der Waals surface area contributed by atoms with Gasteiger partial charge in [-0.2, -0.15) is 0 Å². The van der Waals surface area contributed by atoms with E-state index in [2.05, 4.69) is 5.32 Å². The van der Waals surface area contributed by atoms with Crippen LogP contribution in [0, 0.1) is 11.8 Å². The first-order valence-electron chi connectivity index (χ1n) is 18.1. The summed E-state index contributed by atoms with van der Waals surface area (Å²) >= 11 is 0. The summed E-state index contributed by atoms with van der Waals surface area (Å²) in [6.45, 7) is 1.78. The topological polar surface area (TPSA) is 321 Å². The molecule has 11 N–H and O–H groups in total. The third kappa shape index (κ3) is 7.81. The highest BCUT2D eigenvalue weighted by atomic mass is 16.7. The molecule has 0 aromatic heterocycles. The minimum absolute atomic E-state index is 0.0361. The summed E-state index contributed by atoms with van der Waals surface area (Å²) in [4.78, 5) is 38.3. The van der Waals surface area contributed by atoms with Crippen molar-refractivity contribution in [1.29, 1.82) is 0 Å². The summed E-state index contributed by atoms with van der Waals surface area (Å²) in [5, 5.41) is 109. The average Bonchev–Trinajstić information content (AvgIpc) is 3.35. The number of phenolic OH excluding ortho intramolecular Hbond substituents is 1. The van der Waals surface area contributed by atoms with Gasteiger partial charge in [0.05, 0.1) is 43.0 Å². The van der Waals surface area contributed by atoms with Gasteiger partial charge in [-0.25, -0.2) is 4.79 Å². The molecule has 0 bridgehead atoms. The predicted molar refractivity (Wildman–Crippen MR) is 177 cm³/mol. The highest BCUT2D eigenvalue weighted by molar-refractivity contribution is 5.89. The van der Waals surface area contributed by atoms with Crippen LogP contribution in [0.3, 0.4) is 0 Å². The number of aliphatic hydroxyl groups is 9. The highest BCUT2D eigenvalue weighted by Crippen LogP contribution is 2.52. The number of carbonyl (C=O) groups is 3. The lowest BCUT2D eigenvalue weighted by Gasteiger charge is -2.47. The van der Waals surface area contributed by atoms with Gasteiger partial charge in [-0.15, -0.1) is 0 Å². The summed E-state index contributed by atoms with van der Waals surface area (Å²) in [6, 6.07) is 3.96. The Hall–Kier alpha value is -3.09. The number of hydrogen-bond donors (Lipinski definition) is 11. The SMILES string of the molecule is CC(=O)NC1C(OC2C(OC(=O)C3CC(O)C4(O)C(C3)OC3(CC(C)C(OC(=O)c5ccc(O)cc5)CO3)C4O)CC(O)C(O)C2O)OC(CO)C(O)C1O. The van der Waals surface area contributed by atoms with Crippen LogP contribution in [0.4, 0.5) is 0 Å². The van der Waals surface area contributed by atoms with Crippen LogP contribution < -0.4 is 5.32 Å². The summed E-state index contributed by atoms with van der Waals surface area (Å²) in [5.41, 5.74) is -2.12. The fourth-order valence-corrected chi connectivity index (χ4v) is 8.24. The third-order valence-electron chi connectivity index (χ3n) is 11.4. The minimum Gasteiger partial charge on any atom is -0.508 e. The maximum absolute atomic E-state index is 13.7. The molecular weight excluding hydrogens is 738 g/mol. The average molecular weight is 788 g/mol. The fourth-order valence-electron chi connectivity index (χ4n) is 8.24. The van der Waals surface area contributed by atoms with Gasteiger partial charge < -0.3 is 84.8 Å². The molecule has 1 aromatic carbocycles. The van der Waals surface area contributed by atoms with Crippen molar-refractivity contribution in [2.75, 3.05) is 13.2 Å². The number of ether oxygens (including phenoxy) is 6. The number of carbonyl (C=O) groups excluding carboxylic acids is 3. The van der Waals surface area contributed by atoms with Crippen LogP contribution in [0.5, 0.6) is 5.75 Å². The first kappa shape index (κ1) is 41.5. The van der Waals surface area contributed by atoms with Crippen molar-refractivity contribution in [3.63, 3.8) is 0 Å². The van der Waals surface area contributed by atoms with Gasteiger partial charge in [0.1, 0.15) is 72.3 Å². The van der Waals surface area contributed by atoms with E-state index in [1.165, 1.54) is 24.3 Å². The molecule has 5 fully saturated rings. The van der Waals surface area contributed by atoms with Crippen LogP contribution in [0.2, 0.25) is 0 Å². The lowest BCUT2D eigenvalue weighted by molar-refractivity contribution is -0.311. The van der Waals surface area contributed by atoms with Crippen LogP contribution in [-0.4, -0.2) is 179 Å². The van der Waals surface area contributed by atoms with E-state index in [0.29, 0.717) is 0 Å². The number of phenols is 1. The van der Waals surface area contributed by atoms with Gasteiger partial charge in [0.15, 0.2) is 12.1 Å². The Kier molecular flexibility index (Phi) is 12.1. The molecule has 5 aliphatic rings. The molecule has 20 nitrogen and oxygen atoms in total. The number of rotatable bonds is 8. The zero-order chi connectivity index (χ0) is 40.1. The van der Waals surface area contributed by atoms with E-state index in [4.69, 9.17) is 28.4 Å². The van der Waals surface area contributed by atoms with Crippen LogP contribution in [0.15, 0.2) is 24.3 Å². The zero-order valence-electron chi connectivity index (χ0n) is 29.9. The number of benzene rings is 1. The number of aliphatic hydroxyl groups excluding tert-OH is 8. The Morgan fingerprint density at radius 3 is 2.24 bits per heavy atom. The van der Waals surface area contributed by atoms with Crippen molar-refractivity contribution in [3.05, 3.63) is 29.8 Å². The first-order chi connectivity index (χ1) is 25.9. The number of hydrogen-bond acceptors (Lipinski definition) is 19. The Bertz CT molecular complexity index is 1550. The Morgan fingerprint density at radius 1 is 0.909 bits per heavy atom. The van der Waals surface area contributed by atoms with Gasteiger partial charge in [0.2, 0.25) is 5.91 Å². The quantitative estimate of drug-likeness (QED) is 0.111. The van der Waals surface area contributed by atoms with Crippen molar-refractivity contribution >= 4 is 17.8 Å². The van der Waals surface area contributed by atoms with Crippen molar-refractivity contribution in [1.82, 2.24) is 5.32 Å². The number of fused-ring (bicyclic) bond motifs is 1. The smallest absolute Gasteiger partial charge is 0.338 e. The highest BCUT2D eigenvalue weighted by Gasteiger charge is 2.70. The predicted octanol–water partition coefficient (Wildman–Crippen LogP) is -4.34. The van der Waals surface area contributed by atoms with E-state index < -0.39 is 146 Å². The van der Waals surface area contributed by atoms with E-state index in [9.17, 15) is 65.4 Å². The fraction of sp³-hybridized carbons (Fsp3) is 0.743. The van der Waals surface area contributed by atoms with E-state index in [1.807, 2.05) is 0 Å². The molecule has 0 radical (unpaired) electrons. The maximum Gasteiger partial charge on any atom is 0.338 e. The van der Waals surface area contributed by atoms with Gasteiger partial charge in [0, 0.05) is 25.7 Å². The Morgan fingerprint density at radius 2 is 1.60 bits per heavy atom. The molecule has 1 amide bonds. The molecule has 2 saturated carbocycles. The number of esters is 2. The van der Waals surface area contributed by atoms with E-state index in [1.54, 1.807) is 6.92 Å². The lowest BCUT2D eigenvalue weighted by Crippen LogP contribution is -2.67. The summed E-state index contributed by atoms with van der Waals surface area (Å²) < 4.78 is 34.8. The van der Waals surface area contributed by atoms with Crippen LogP contribution >= 0.6 is 0 Å². The third-order valence-corrected chi connectivity index (χ3v) is 11.4. The normalized spacial score (nSPS) is 45.7. The first-order valence-corrected chi connectivity index (χ1v) is 18.1. The van der Waals surface area contributed by atoms with Gasteiger partial charge in [0.25, 0.3) is 0 Å². The lowest BCUT2D eigenvalue weighted by atomic mass is 9.71. The molecule has 3 saturated heterocycles. The van der Waals surface area contributed by atoms with Gasteiger partial charge in [-0.3, -0.25) is 9.59 Å². The van der Waals surface area contributed by atoms with E-state index in [0.717, 1.165) is 6.92 Å². The molecule has 18 atom stereocenters. The number of nitrogens with one attached hydrogen (secondary N) is 1. The van der Waals surface area contributed by atoms with Crippen molar-refractivity contribution in [2.45, 2.75) is 136 Å². The zero-order valence-corrected chi connectivity index (χ0v) is 29.9. The van der Waals surface area contributed by atoms with Crippen LogP contribution in [-0.2, 0) is 38.0 Å². The maximum atomic E-state index is 13.7. The molecule has 3 aliphatic heterocycles. The molecule has 6 rings (SSSR count). The van der Waals surface area contributed by atoms with E-state index >= 15 is 0 Å². The second-order valence-electron chi connectivity index (χ2n) is 15.2. The molecule has 55 heavy (non-hydrogen) atoms. The molecular formula is C35H49NO19. The largest absolute Gasteiger partial charge is 0.508 e. The Balaban J connectivity index is 1.14. The van der Waals surface area contributed by atoms with Crippen LogP contribution in [0.25, 0.3) is 0 Å². The second kappa shape index (κ2) is 16.0. The standard InChI is InChI=1S/C35H49NO19/c1-13-10-34(50-12-21(13)52-30(46)15-3-5-17(39)6-4-15)33(48)35(49)22(41)7-16(8-23(35)55-34)31(47)51-19-9-18(40)25(42)28(45)29(19)54-32-24(36-14(2)38)27(44)26(43)20(11-37)53-32/h3-6,13,16,18-29,32-33,37,39-45,48-49H,7-12H2,1-2H3,(H,36,38). The molecule has 3 heterocycles. The van der Waals surface area contributed by atoms with Crippen LogP contribution in [0.1, 0.15) is 49.9 Å². The van der Waals surface area contributed by atoms with Crippen molar-refractivity contribution in [3.8, 4) is 5.75 Å². The second-order valence-corrected chi connectivity index (χ2v) is 15.2. The van der Waals surface area contributed by atoms with Gasteiger partial charge in [-0.05, 0) is 37.1 Å². The van der Waals surface area contributed by atoms with Gasteiger partial charge >= 0.3 is 11.9 Å². The van der Waals surface area contributed by atoms with E-state index in [-0.39, 0.29) is 30.8 Å². The summed E-state index contributed by atoms with van der Waals surface area (Å²) in [6.07, 6.45) is -22.0. The summed E-state index contributed by atoms with van der Waals surface area (Å²) in [5.74, 6) is -5.93. The molecule has 308 valence electrons. The molecule has 2 aliphatic carbocycles. The number of aromatic hydroxyl groups is 1. The minimum atomic E-state index is -2.30. The molecule has 18 unspecified atom stereocenters. The molecule has 20 heteroatoms. The monoisotopic (exact) mass is 787 g/mol. The Labute approximate surface area is 314 Å².